The summed E-state index contributed by atoms with van der Waals surface area (Å²) in [4.78, 5) is 22.4. The van der Waals surface area contributed by atoms with Crippen molar-refractivity contribution in [3.05, 3.63) is 65.8 Å². The summed E-state index contributed by atoms with van der Waals surface area (Å²) in [6.45, 7) is 2.14. The van der Waals surface area contributed by atoms with Crippen LogP contribution in [-0.2, 0) is 6.54 Å². The molecule has 0 saturated carbocycles. The van der Waals surface area contributed by atoms with Crippen LogP contribution in [0.1, 0.15) is 40.7 Å². The molecule has 1 N–H and O–H groups in total. The fraction of sp³-hybridized carbons (Fsp3) is 0.300. The van der Waals surface area contributed by atoms with Gasteiger partial charge in [0.1, 0.15) is 0 Å². The highest BCUT2D eigenvalue weighted by Gasteiger charge is 2.27. The minimum Gasteiger partial charge on any atom is -0.478 e. The van der Waals surface area contributed by atoms with Crippen molar-refractivity contribution in [2.45, 2.75) is 25.3 Å². The van der Waals surface area contributed by atoms with Crippen LogP contribution in [0.5, 0.6) is 0 Å². The highest BCUT2D eigenvalue weighted by Crippen LogP contribution is 2.28. The van der Waals surface area contributed by atoms with Gasteiger partial charge >= 0.3 is 5.97 Å². The number of rotatable bonds is 5. The maximum atomic E-state index is 11.4. The van der Waals surface area contributed by atoms with Crippen molar-refractivity contribution >= 4 is 5.97 Å². The maximum Gasteiger partial charge on any atom is 0.337 e. The Balaban J connectivity index is 1.48. The first-order valence-corrected chi connectivity index (χ1v) is 8.99. The van der Waals surface area contributed by atoms with Gasteiger partial charge in [-0.05, 0) is 31.5 Å². The average molecular weight is 364 g/mol. The molecule has 1 atom stereocenters. The highest BCUT2D eigenvalue weighted by molar-refractivity contribution is 5.88. The summed E-state index contributed by atoms with van der Waals surface area (Å²) in [6.07, 6.45) is 3.59. The van der Waals surface area contributed by atoms with E-state index in [0.29, 0.717) is 24.0 Å². The molecule has 7 nitrogen and oxygen atoms in total. The van der Waals surface area contributed by atoms with Crippen LogP contribution >= 0.6 is 0 Å². The molecule has 0 bridgehead atoms. The Bertz CT molecular complexity index is 926. The Morgan fingerprint density at radius 1 is 1.22 bits per heavy atom. The van der Waals surface area contributed by atoms with Crippen LogP contribution in [0.25, 0.3) is 11.4 Å². The van der Waals surface area contributed by atoms with Gasteiger partial charge in [0.25, 0.3) is 0 Å². The highest BCUT2D eigenvalue weighted by atomic mass is 16.5. The van der Waals surface area contributed by atoms with Gasteiger partial charge < -0.3 is 9.63 Å². The van der Waals surface area contributed by atoms with E-state index in [1.807, 2.05) is 30.3 Å². The van der Waals surface area contributed by atoms with E-state index in [1.54, 1.807) is 18.3 Å². The van der Waals surface area contributed by atoms with Crippen molar-refractivity contribution in [2.75, 3.05) is 13.1 Å². The largest absolute Gasteiger partial charge is 0.478 e. The van der Waals surface area contributed by atoms with Crippen LogP contribution in [0.15, 0.2) is 53.2 Å². The summed E-state index contributed by atoms with van der Waals surface area (Å²) < 4.78 is 5.52. The van der Waals surface area contributed by atoms with Gasteiger partial charge in [0.2, 0.25) is 11.7 Å². The Labute approximate surface area is 156 Å². The summed E-state index contributed by atoms with van der Waals surface area (Å²) in [7, 11) is 0. The first kappa shape index (κ1) is 17.4. The third-order valence-electron chi connectivity index (χ3n) is 4.82. The summed E-state index contributed by atoms with van der Waals surface area (Å²) in [5.74, 6) is 0.426. The van der Waals surface area contributed by atoms with E-state index in [4.69, 9.17) is 4.52 Å². The molecular formula is C20H20N4O3. The lowest BCUT2D eigenvalue weighted by molar-refractivity contribution is 0.0693. The van der Waals surface area contributed by atoms with Gasteiger partial charge in [-0.15, -0.1) is 0 Å². The zero-order valence-electron chi connectivity index (χ0n) is 14.8. The quantitative estimate of drug-likeness (QED) is 0.743. The predicted octanol–water partition coefficient (Wildman–Crippen LogP) is 3.21. The fourth-order valence-electron chi connectivity index (χ4n) is 3.48. The van der Waals surface area contributed by atoms with E-state index in [1.165, 1.54) is 0 Å². The number of nitrogens with zero attached hydrogens (tertiary/aromatic N) is 4. The molecule has 138 valence electrons. The molecule has 7 heteroatoms. The zero-order valence-corrected chi connectivity index (χ0v) is 14.8. The first-order valence-electron chi connectivity index (χ1n) is 8.99. The second-order valence-electron chi connectivity index (χ2n) is 6.70. The second-order valence-corrected chi connectivity index (χ2v) is 6.70. The molecule has 3 heterocycles. The van der Waals surface area contributed by atoms with Gasteiger partial charge in [0, 0.05) is 24.8 Å². The molecule has 1 saturated heterocycles. The SMILES string of the molecule is O=C(O)c1cccnc1CN1CCCC(c2nc(-c3ccccc3)no2)C1. The molecule has 4 rings (SSSR count). The van der Waals surface area contributed by atoms with E-state index >= 15 is 0 Å². The third kappa shape index (κ3) is 3.88. The monoisotopic (exact) mass is 364 g/mol. The van der Waals surface area contributed by atoms with Crippen molar-refractivity contribution in [1.82, 2.24) is 20.0 Å². The number of hydrogen-bond donors (Lipinski definition) is 1. The van der Waals surface area contributed by atoms with E-state index in [9.17, 15) is 9.90 Å². The van der Waals surface area contributed by atoms with E-state index in [-0.39, 0.29) is 11.5 Å². The van der Waals surface area contributed by atoms with E-state index in [2.05, 4.69) is 20.0 Å². The molecule has 0 spiro atoms. The topological polar surface area (TPSA) is 92.3 Å². The van der Waals surface area contributed by atoms with E-state index in [0.717, 1.165) is 31.5 Å². The molecule has 1 aliphatic rings. The number of aromatic nitrogens is 3. The molecule has 0 radical (unpaired) electrons. The van der Waals surface area contributed by atoms with Crippen molar-refractivity contribution < 1.29 is 14.4 Å². The lowest BCUT2D eigenvalue weighted by Crippen LogP contribution is -2.34. The summed E-state index contributed by atoms with van der Waals surface area (Å²) in [5, 5.41) is 13.5. The van der Waals surface area contributed by atoms with Crippen LogP contribution in [0.4, 0.5) is 0 Å². The van der Waals surface area contributed by atoms with Crippen LogP contribution in [0.2, 0.25) is 0 Å². The van der Waals surface area contributed by atoms with Crippen molar-refractivity contribution in [1.29, 1.82) is 0 Å². The average Bonchev–Trinajstić information content (AvgIpc) is 3.19. The number of hydrogen-bond acceptors (Lipinski definition) is 6. The molecule has 0 amide bonds. The summed E-state index contributed by atoms with van der Waals surface area (Å²) in [6, 6.07) is 13.0. The third-order valence-corrected chi connectivity index (χ3v) is 4.82. The summed E-state index contributed by atoms with van der Waals surface area (Å²) in [5.41, 5.74) is 1.77. The van der Waals surface area contributed by atoms with Gasteiger partial charge in [-0.2, -0.15) is 4.98 Å². The Morgan fingerprint density at radius 2 is 2.07 bits per heavy atom. The van der Waals surface area contributed by atoms with E-state index < -0.39 is 5.97 Å². The minimum atomic E-state index is -0.948. The van der Waals surface area contributed by atoms with Crippen molar-refractivity contribution in [2.24, 2.45) is 0 Å². The first-order chi connectivity index (χ1) is 13.2. The van der Waals surface area contributed by atoms with Crippen LogP contribution in [0.3, 0.4) is 0 Å². The molecule has 1 unspecified atom stereocenters. The standard InChI is InChI=1S/C20H20N4O3/c25-20(26)16-9-4-10-21-17(16)13-24-11-5-8-15(12-24)19-22-18(23-27-19)14-6-2-1-3-7-14/h1-4,6-7,9-10,15H,5,8,11-13H2,(H,25,26). The number of carboxylic acid groups (broad SMARTS) is 1. The van der Waals surface area contributed by atoms with Crippen molar-refractivity contribution in [3.63, 3.8) is 0 Å². The predicted molar refractivity (Wildman–Crippen MR) is 98.2 cm³/mol. The van der Waals surface area contributed by atoms with Crippen molar-refractivity contribution in [3.8, 4) is 11.4 Å². The zero-order chi connectivity index (χ0) is 18.6. The van der Waals surface area contributed by atoms with Crippen LogP contribution < -0.4 is 0 Å². The molecule has 27 heavy (non-hydrogen) atoms. The summed E-state index contributed by atoms with van der Waals surface area (Å²) >= 11 is 0. The van der Waals surface area contributed by atoms with Crippen LogP contribution in [0, 0.1) is 0 Å². The Morgan fingerprint density at radius 3 is 2.89 bits per heavy atom. The van der Waals surface area contributed by atoms with Gasteiger partial charge in [-0.3, -0.25) is 9.88 Å². The Kier molecular flexibility index (Phi) is 4.93. The molecule has 2 aromatic heterocycles. The normalized spacial score (nSPS) is 17.7. The molecule has 1 fully saturated rings. The van der Waals surface area contributed by atoms with Gasteiger partial charge in [-0.25, -0.2) is 4.79 Å². The number of benzene rings is 1. The lowest BCUT2D eigenvalue weighted by atomic mass is 9.97. The number of carbonyl (C=O) groups is 1. The minimum absolute atomic E-state index is 0.140. The fourth-order valence-corrected chi connectivity index (χ4v) is 3.48. The van der Waals surface area contributed by atoms with Gasteiger partial charge in [0.15, 0.2) is 0 Å². The lowest BCUT2D eigenvalue weighted by Gasteiger charge is -2.30. The molecule has 3 aromatic rings. The smallest absolute Gasteiger partial charge is 0.337 e. The molecule has 1 aromatic carbocycles. The number of likely N-dealkylation sites (tertiary alicyclic amines) is 1. The maximum absolute atomic E-state index is 11.4. The van der Waals surface area contributed by atoms with Gasteiger partial charge in [0.05, 0.1) is 17.2 Å². The molecule has 0 aliphatic carbocycles. The number of aromatic carboxylic acids is 1. The van der Waals surface area contributed by atoms with Gasteiger partial charge in [-0.1, -0.05) is 35.5 Å². The number of pyridine rings is 1. The molecular weight excluding hydrogens is 344 g/mol. The number of piperidine rings is 1. The molecule has 1 aliphatic heterocycles. The van der Waals surface area contributed by atoms with Crippen LogP contribution in [-0.4, -0.2) is 44.2 Å². The Hall–Kier alpha value is -3.06. The number of carboxylic acids is 1. The second kappa shape index (κ2) is 7.67.